The van der Waals surface area contributed by atoms with Crippen molar-refractivity contribution in [3.63, 3.8) is 0 Å². The second-order valence-electron chi connectivity index (χ2n) is 6.08. The van der Waals surface area contributed by atoms with Gasteiger partial charge in [-0.15, -0.1) is 0 Å². The normalized spacial score (nSPS) is 24.2. The van der Waals surface area contributed by atoms with E-state index in [9.17, 15) is 4.79 Å². The van der Waals surface area contributed by atoms with Gasteiger partial charge in [0.05, 0.1) is 19.4 Å². The van der Waals surface area contributed by atoms with Crippen LogP contribution in [0.3, 0.4) is 0 Å². The Kier molecular flexibility index (Phi) is 5.18. The molecule has 1 saturated heterocycles. The van der Waals surface area contributed by atoms with Crippen molar-refractivity contribution in [3.8, 4) is 5.75 Å². The molecule has 5 nitrogen and oxygen atoms in total. The van der Waals surface area contributed by atoms with Gasteiger partial charge in [-0.2, -0.15) is 0 Å². The van der Waals surface area contributed by atoms with Gasteiger partial charge in [0.25, 0.3) is 0 Å². The molecular weight excluding hydrogens is 292 g/mol. The number of amides is 1. The zero-order valence-electron chi connectivity index (χ0n) is 13.5. The fourth-order valence-corrected chi connectivity index (χ4v) is 3.22. The molecule has 0 aliphatic carbocycles. The lowest BCUT2D eigenvalue weighted by Crippen LogP contribution is -2.43. The Labute approximate surface area is 137 Å². The van der Waals surface area contributed by atoms with E-state index in [0.29, 0.717) is 0 Å². The Morgan fingerprint density at radius 1 is 1.35 bits per heavy atom. The molecule has 0 bridgehead atoms. The molecule has 0 unspecified atom stereocenters. The summed E-state index contributed by atoms with van der Waals surface area (Å²) in [5.74, 6) is 0.854. The Bertz CT molecular complexity index is 556. The number of anilines is 1. The van der Waals surface area contributed by atoms with Crippen molar-refractivity contribution < 1.29 is 14.3 Å². The van der Waals surface area contributed by atoms with Gasteiger partial charge in [-0.1, -0.05) is 0 Å². The monoisotopic (exact) mass is 316 g/mol. The molecule has 5 heteroatoms. The van der Waals surface area contributed by atoms with Crippen LogP contribution in [-0.4, -0.2) is 43.2 Å². The largest absolute Gasteiger partial charge is 0.497 e. The van der Waals surface area contributed by atoms with E-state index in [1.54, 1.807) is 13.4 Å². The number of benzene rings is 1. The summed E-state index contributed by atoms with van der Waals surface area (Å²) in [6, 6.07) is 7.37. The van der Waals surface area contributed by atoms with E-state index in [1.165, 1.54) is 0 Å². The number of methoxy groups -OCH3 is 1. The van der Waals surface area contributed by atoms with Crippen LogP contribution in [0, 0.1) is 0 Å². The molecule has 0 spiro atoms. The zero-order chi connectivity index (χ0) is 16.1. The Morgan fingerprint density at radius 2 is 2.17 bits per heavy atom. The van der Waals surface area contributed by atoms with Gasteiger partial charge in [0.15, 0.2) is 0 Å². The first-order valence-electron chi connectivity index (χ1n) is 8.25. The van der Waals surface area contributed by atoms with E-state index in [-0.39, 0.29) is 18.1 Å². The molecule has 1 amide bonds. The minimum Gasteiger partial charge on any atom is -0.497 e. The quantitative estimate of drug-likeness (QED) is 0.907. The summed E-state index contributed by atoms with van der Waals surface area (Å²) in [4.78, 5) is 14.8. The molecule has 1 aromatic rings. The minimum atomic E-state index is -0.0633. The fourth-order valence-electron chi connectivity index (χ4n) is 3.22. The van der Waals surface area contributed by atoms with Crippen molar-refractivity contribution in [2.24, 2.45) is 0 Å². The van der Waals surface area contributed by atoms with Crippen LogP contribution < -0.4 is 10.1 Å². The molecular formula is C18H24N2O3. The first-order chi connectivity index (χ1) is 11.3. The van der Waals surface area contributed by atoms with Crippen LogP contribution in [0.25, 0.3) is 0 Å². The summed E-state index contributed by atoms with van der Waals surface area (Å²) in [6.07, 6.45) is 8.09. The number of nitrogens with zero attached hydrogens (tertiary/aromatic N) is 1. The summed E-state index contributed by atoms with van der Waals surface area (Å²) >= 11 is 0. The molecule has 124 valence electrons. The summed E-state index contributed by atoms with van der Waals surface area (Å²) in [7, 11) is 1.63. The number of hydrogen-bond acceptors (Lipinski definition) is 4. The maximum absolute atomic E-state index is 12.6. The molecule has 2 atom stereocenters. The lowest BCUT2D eigenvalue weighted by molar-refractivity contribution is -0.120. The van der Waals surface area contributed by atoms with Crippen molar-refractivity contribution in [1.82, 2.24) is 4.90 Å². The van der Waals surface area contributed by atoms with Gasteiger partial charge in [-0.05, 0) is 62.6 Å². The third-order valence-electron chi connectivity index (χ3n) is 4.48. The topological polar surface area (TPSA) is 50.8 Å². The minimum absolute atomic E-state index is 0.0633. The molecule has 1 aromatic carbocycles. The second kappa shape index (κ2) is 7.51. The first-order valence-corrected chi connectivity index (χ1v) is 8.25. The van der Waals surface area contributed by atoms with Crippen molar-refractivity contribution in [3.05, 3.63) is 36.6 Å². The van der Waals surface area contributed by atoms with Crippen molar-refractivity contribution in [2.45, 2.75) is 37.8 Å². The third kappa shape index (κ3) is 4.05. The van der Waals surface area contributed by atoms with Gasteiger partial charge in [0, 0.05) is 12.2 Å². The molecule has 2 heterocycles. The molecule has 2 aliphatic heterocycles. The lowest BCUT2D eigenvalue weighted by Gasteiger charge is -2.29. The Balaban J connectivity index is 1.57. The van der Waals surface area contributed by atoms with Crippen LogP contribution >= 0.6 is 0 Å². The average molecular weight is 316 g/mol. The predicted molar refractivity (Wildman–Crippen MR) is 89.5 cm³/mol. The molecule has 1 N–H and O–H groups in total. The predicted octanol–water partition coefficient (Wildman–Crippen LogP) is 2.79. The SMILES string of the molecule is COc1ccc(NC(=O)[C@@H]2CCCN2C[C@H]2CCC=CO2)cc1. The fraction of sp³-hybridized carbons (Fsp3) is 0.500. The molecule has 0 saturated carbocycles. The van der Waals surface area contributed by atoms with E-state index >= 15 is 0 Å². The van der Waals surface area contributed by atoms with Crippen molar-refractivity contribution >= 4 is 11.6 Å². The van der Waals surface area contributed by atoms with Gasteiger partial charge in [-0.25, -0.2) is 0 Å². The number of carbonyl (C=O) groups excluding carboxylic acids is 1. The number of ether oxygens (including phenoxy) is 2. The van der Waals surface area contributed by atoms with Gasteiger partial charge < -0.3 is 14.8 Å². The van der Waals surface area contributed by atoms with Crippen molar-refractivity contribution in [1.29, 1.82) is 0 Å². The highest BCUT2D eigenvalue weighted by Gasteiger charge is 2.32. The van der Waals surface area contributed by atoms with Crippen LogP contribution in [0.15, 0.2) is 36.6 Å². The highest BCUT2D eigenvalue weighted by molar-refractivity contribution is 5.95. The lowest BCUT2D eigenvalue weighted by atomic mass is 10.1. The van der Waals surface area contributed by atoms with Crippen LogP contribution in [0.2, 0.25) is 0 Å². The summed E-state index contributed by atoms with van der Waals surface area (Å²) < 4.78 is 10.8. The van der Waals surface area contributed by atoms with E-state index in [0.717, 1.165) is 50.2 Å². The maximum Gasteiger partial charge on any atom is 0.241 e. The van der Waals surface area contributed by atoms with E-state index in [2.05, 4.69) is 10.2 Å². The summed E-state index contributed by atoms with van der Waals surface area (Å²) in [6.45, 7) is 1.79. The van der Waals surface area contributed by atoms with E-state index < -0.39 is 0 Å². The second-order valence-corrected chi connectivity index (χ2v) is 6.08. The van der Waals surface area contributed by atoms with Gasteiger partial charge in [-0.3, -0.25) is 9.69 Å². The molecule has 0 aromatic heterocycles. The number of nitrogens with one attached hydrogen (secondary N) is 1. The van der Waals surface area contributed by atoms with Gasteiger partial charge >= 0.3 is 0 Å². The number of hydrogen-bond donors (Lipinski definition) is 1. The molecule has 23 heavy (non-hydrogen) atoms. The van der Waals surface area contributed by atoms with Crippen LogP contribution in [0.5, 0.6) is 5.75 Å². The molecule has 2 aliphatic rings. The number of carbonyl (C=O) groups is 1. The highest BCUT2D eigenvalue weighted by Crippen LogP contribution is 2.22. The third-order valence-corrected chi connectivity index (χ3v) is 4.48. The Morgan fingerprint density at radius 3 is 2.87 bits per heavy atom. The number of allylic oxidation sites excluding steroid dienone is 1. The maximum atomic E-state index is 12.6. The van der Waals surface area contributed by atoms with Gasteiger partial charge in [0.2, 0.25) is 5.91 Å². The van der Waals surface area contributed by atoms with Crippen molar-refractivity contribution in [2.75, 3.05) is 25.5 Å². The van der Waals surface area contributed by atoms with Crippen LogP contribution in [0.4, 0.5) is 5.69 Å². The smallest absolute Gasteiger partial charge is 0.241 e. The summed E-state index contributed by atoms with van der Waals surface area (Å²) in [5, 5.41) is 3.01. The average Bonchev–Trinajstić information content (AvgIpc) is 3.05. The van der Waals surface area contributed by atoms with Gasteiger partial charge in [0.1, 0.15) is 11.9 Å². The summed E-state index contributed by atoms with van der Waals surface area (Å²) in [5.41, 5.74) is 0.805. The van der Waals surface area contributed by atoms with Crippen LogP contribution in [-0.2, 0) is 9.53 Å². The first kappa shape index (κ1) is 15.9. The number of likely N-dealkylation sites (tertiary alicyclic amines) is 1. The zero-order valence-corrected chi connectivity index (χ0v) is 13.5. The van der Waals surface area contributed by atoms with Crippen LogP contribution in [0.1, 0.15) is 25.7 Å². The highest BCUT2D eigenvalue weighted by atomic mass is 16.5. The molecule has 0 radical (unpaired) electrons. The Hall–Kier alpha value is -2.01. The number of rotatable bonds is 5. The standard InChI is InChI=1S/C18H24N2O3/c1-22-15-9-7-14(8-10-15)19-18(21)17-6-4-11-20(17)13-16-5-2-3-12-23-16/h3,7-10,12,16-17H,2,4-6,11,13H2,1H3,(H,19,21)/t16-,17+/m1/s1. The molecule has 1 fully saturated rings. The molecule has 3 rings (SSSR count). The van der Waals surface area contributed by atoms with E-state index in [4.69, 9.17) is 9.47 Å². The van der Waals surface area contributed by atoms with E-state index in [1.807, 2.05) is 30.3 Å².